The van der Waals surface area contributed by atoms with Crippen LogP contribution in [0.15, 0.2) is 121 Å². The van der Waals surface area contributed by atoms with Crippen molar-refractivity contribution in [2.75, 3.05) is 19.0 Å². The van der Waals surface area contributed by atoms with Gasteiger partial charge in [-0.15, -0.1) is 0 Å². The van der Waals surface area contributed by atoms with E-state index in [1.54, 1.807) is 61.7 Å². The summed E-state index contributed by atoms with van der Waals surface area (Å²) in [6.45, 7) is 1.51. The minimum atomic E-state index is -1.16. The molecule has 0 atom stereocenters. The molecular weight excluding hydrogens is 608 g/mol. The van der Waals surface area contributed by atoms with Gasteiger partial charge in [-0.05, 0) is 78.2 Å². The summed E-state index contributed by atoms with van der Waals surface area (Å²) in [5.41, 5.74) is 5.74. The van der Waals surface area contributed by atoms with Gasteiger partial charge in [0.05, 0.1) is 19.1 Å². The summed E-state index contributed by atoms with van der Waals surface area (Å²) in [7, 11) is 1.54. The number of para-hydroxylation sites is 1. The molecule has 0 spiro atoms. The molecular formula is C39H34N2O7. The lowest BCUT2D eigenvalue weighted by molar-refractivity contribution is -0.137. The molecule has 0 saturated heterocycles. The number of carboxylic acid groups (broad SMARTS) is 1. The van der Waals surface area contributed by atoms with Crippen LogP contribution in [0.1, 0.15) is 37.4 Å². The molecule has 0 saturated carbocycles. The highest BCUT2D eigenvalue weighted by Crippen LogP contribution is 2.23. The Morgan fingerprint density at radius 3 is 1.96 bits per heavy atom. The second-order valence-corrected chi connectivity index (χ2v) is 11.1. The van der Waals surface area contributed by atoms with Crippen molar-refractivity contribution in [2.24, 2.45) is 0 Å². The van der Waals surface area contributed by atoms with Crippen LogP contribution in [0.3, 0.4) is 0 Å². The van der Waals surface area contributed by atoms with Gasteiger partial charge < -0.3 is 24.8 Å². The number of carbonyl (C=O) groups is 4. The van der Waals surface area contributed by atoms with Gasteiger partial charge >= 0.3 is 11.9 Å². The first-order chi connectivity index (χ1) is 23.2. The molecule has 242 valence electrons. The Balaban J connectivity index is 1.18. The highest BCUT2D eigenvalue weighted by atomic mass is 16.5. The van der Waals surface area contributed by atoms with Gasteiger partial charge in [0.1, 0.15) is 18.0 Å². The number of hydrogen-bond acceptors (Lipinski definition) is 6. The fourth-order valence-electron chi connectivity index (χ4n) is 5.06. The van der Waals surface area contributed by atoms with E-state index in [4.69, 9.17) is 9.47 Å². The topological polar surface area (TPSA) is 122 Å². The Morgan fingerprint density at radius 1 is 0.729 bits per heavy atom. The summed E-state index contributed by atoms with van der Waals surface area (Å²) < 4.78 is 10.8. The van der Waals surface area contributed by atoms with Gasteiger partial charge in [0.25, 0.3) is 5.91 Å². The molecule has 2 amide bonds. The number of nitrogens with one attached hydrogen (secondary N) is 1. The van der Waals surface area contributed by atoms with Crippen molar-refractivity contribution in [2.45, 2.75) is 19.9 Å². The minimum Gasteiger partial charge on any atom is -0.496 e. The van der Waals surface area contributed by atoms with Crippen LogP contribution >= 0.6 is 0 Å². The molecule has 9 nitrogen and oxygen atoms in total. The fourth-order valence-corrected chi connectivity index (χ4v) is 5.06. The number of carboxylic acids is 1. The molecule has 0 aliphatic rings. The first-order valence-corrected chi connectivity index (χ1v) is 15.2. The lowest BCUT2D eigenvalue weighted by Crippen LogP contribution is -2.35. The first-order valence-electron chi connectivity index (χ1n) is 15.2. The molecule has 5 aromatic carbocycles. The Labute approximate surface area is 278 Å². The minimum absolute atomic E-state index is 0.0111. The number of ether oxygens (including phenoxy) is 2. The van der Waals surface area contributed by atoms with Crippen LogP contribution in [0.25, 0.3) is 11.1 Å². The van der Waals surface area contributed by atoms with Crippen molar-refractivity contribution in [1.82, 2.24) is 4.90 Å². The Bertz CT molecular complexity index is 1900. The molecule has 2 N–H and O–H groups in total. The summed E-state index contributed by atoms with van der Waals surface area (Å²) >= 11 is 0. The number of anilines is 1. The van der Waals surface area contributed by atoms with Crippen LogP contribution < -0.4 is 14.8 Å². The summed E-state index contributed by atoms with van der Waals surface area (Å²) in [5.74, 6) is -1.50. The molecule has 0 fully saturated rings. The number of carbonyl (C=O) groups excluding carboxylic acids is 3. The van der Waals surface area contributed by atoms with E-state index in [0.717, 1.165) is 16.7 Å². The maximum Gasteiger partial charge on any atom is 0.343 e. The van der Waals surface area contributed by atoms with E-state index >= 15 is 0 Å². The molecule has 48 heavy (non-hydrogen) atoms. The van der Waals surface area contributed by atoms with Gasteiger partial charge in [-0.25, -0.2) is 4.79 Å². The van der Waals surface area contributed by atoms with Crippen molar-refractivity contribution in [3.8, 4) is 22.6 Å². The molecule has 0 unspecified atom stereocenters. The standard InChI is InChI=1S/C39H34N2O7/c1-26-7-11-28(12-8-26)29-13-15-31(16-14-29)39(46)48-34-21-9-27(10-22-34)24-41(25-37(43)44)38(45)30-17-19-33(20-18-30)40-36(42)23-32-5-3-4-6-35(32)47-2/h3-22H,23-25H2,1-2H3,(H,40,42)(H,43,44). The largest absolute Gasteiger partial charge is 0.496 e. The quantitative estimate of drug-likeness (QED) is 0.113. The van der Waals surface area contributed by atoms with E-state index in [1.807, 2.05) is 61.5 Å². The van der Waals surface area contributed by atoms with Crippen LogP contribution in [0, 0.1) is 6.92 Å². The number of aryl methyl sites for hydroxylation is 1. The van der Waals surface area contributed by atoms with Gasteiger partial charge in [-0.1, -0.05) is 72.3 Å². The molecule has 0 aliphatic carbocycles. The summed E-state index contributed by atoms with van der Waals surface area (Å²) in [5, 5.41) is 12.3. The molecule has 9 heteroatoms. The van der Waals surface area contributed by atoms with E-state index in [2.05, 4.69) is 5.32 Å². The molecule has 0 aliphatic heterocycles. The Hall–Kier alpha value is -6.22. The van der Waals surface area contributed by atoms with E-state index in [1.165, 1.54) is 22.6 Å². The van der Waals surface area contributed by atoms with Crippen molar-refractivity contribution in [3.63, 3.8) is 0 Å². The van der Waals surface area contributed by atoms with Crippen LogP contribution in [0.5, 0.6) is 11.5 Å². The third kappa shape index (κ3) is 8.73. The zero-order valence-corrected chi connectivity index (χ0v) is 26.5. The van der Waals surface area contributed by atoms with Crippen molar-refractivity contribution in [3.05, 3.63) is 149 Å². The van der Waals surface area contributed by atoms with Crippen molar-refractivity contribution in [1.29, 1.82) is 0 Å². The molecule has 0 radical (unpaired) electrons. The maximum atomic E-state index is 13.3. The summed E-state index contributed by atoms with van der Waals surface area (Å²) in [4.78, 5) is 51.5. The number of hydrogen-bond donors (Lipinski definition) is 2. The summed E-state index contributed by atoms with van der Waals surface area (Å²) in [6, 6.07) is 35.3. The maximum absolute atomic E-state index is 13.3. The number of amides is 2. The van der Waals surface area contributed by atoms with Gasteiger partial charge in [-0.3, -0.25) is 14.4 Å². The number of benzene rings is 5. The van der Waals surface area contributed by atoms with Gasteiger partial charge in [0.2, 0.25) is 5.91 Å². The second-order valence-electron chi connectivity index (χ2n) is 11.1. The SMILES string of the molecule is COc1ccccc1CC(=O)Nc1ccc(C(=O)N(CC(=O)O)Cc2ccc(OC(=O)c3ccc(-c4ccc(C)cc4)cc3)cc2)cc1. The lowest BCUT2D eigenvalue weighted by atomic mass is 10.0. The predicted molar refractivity (Wildman–Crippen MR) is 182 cm³/mol. The average molecular weight is 643 g/mol. The van der Waals surface area contributed by atoms with E-state index in [-0.39, 0.29) is 24.4 Å². The third-order valence-corrected chi connectivity index (χ3v) is 7.59. The third-order valence-electron chi connectivity index (χ3n) is 7.59. The van der Waals surface area contributed by atoms with Crippen LogP contribution in [0.4, 0.5) is 5.69 Å². The molecule has 5 aromatic rings. The van der Waals surface area contributed by atoms with E-state index in [0.29, 0.717) is 28.3 Å². The van der Waals surface area contributed by atoms with Gasteiger partial charge in [-0.2, -0.15) is 0 Å². The van der Waals surface area contributed by atoms with Gasteiger partial charge in [0.15, 0.2) is 0 Å². The number of aliphatic carboxylic acids is 1. The van der Waals surface area contributed by atoms with Crippen molar-refractivity contribution >= 4 is 29.4 Å². The normalized spacial score (nSPS) is 10.5. The predicted octanol–water partition coefficient (Wildman–Crippen LogP) is 6.80. The highest BCUT2D eigenvalue weighted by molar-refractivity contribution is 5.97. The zero-order valence-electron chi connectivity index (χ0n) is 26.5. The smallest absolute Gasteiger partial charge is 0.343 e. The average Bonchev–Trinajstić information content (AvgIpc) is 3.09. The van der Waals surface area contributed by atoms with Gasteiger partial charge in [0, 0.05) is 23.4 Å². The number of nitrogens with zero attached hydrogens (tertiary/aromatic N) is 1. The Kier molecular flexibility index (Phi) is 10.6. The Morgan fingerprint density at radius 2 is 1.33 bits per heavy atom. The van der Waals surface area contributed by atoms with Crippen LogP contribution in [0.2, 0.25) is 0 Å². The second kappa shape index (κ2) is 15.4. The molecule has 0 heterocycles. The fraction of sp³-hybridized carbons (Fsp3) is 0.128. The first kappa shape index (κ1) is 33.2. The lowest BCUT2D eigenvalue weighted by Gasteiger charge is -2.21. The number of rotatable bonds is 12. The molecule has 0 bridgehead atoms. The van der Waals surface area contributed by atoms with E-state index in [9.17, 15) is 24.3 Å². The molecule has 0 aromatic heterocycles. The molecule has 5 rings (SSSR count). The van der Waals surface area contributed by atoms with Crippen LogP contribution in [-0.4, -0.2) is 47.4 Å². The highest BCUT2D eigenvalue weighted by Gasteiger charge is 2.20. The number of methoxy groups -OCH3 is 1. The van der Waals surface area contributed by atoms with E-state index < -0.39 is 24.4 Å². The van der Waals surface area contributed by atoms with Crippen LogP contribution in [-0.2, 0) is 22.6 Å². The monoisotopic (exact) mass is 642 g/mol. The van der Waals surface area contributed by atoms with Crippen molar-refractivity contribution < 1.29 is 33.8 Å². The number of esters is 1. The zero-order chi connectivity index (χ0) is 34.0. The summed E-state index contributed by atoms with van der Waals surface area (Å²) in [6.07, 6.45) is 0.108.